The van der Waals surface area contributed by atoms with Crippen LogP contribution in [-0.2, 0) is 6.37 Å². The van der Waals surface area contributed by atoms with Crippen LogP contribution in [0.5, 0.6) is 0 Å². The van der Waals surface area contributed by atoms with E-state index >= 15 is 0 Å². The third kappa shape index (κ3) is 4.64. The molecule has 0 saturated carbocycles. The molecule has 1 nitrogen and oxygen atoms in total. The van der Waals surface area contributed by atoms with Crippen molar-refractivity contribution in [2.75, 3.05) is 12.4 Å². The molecular formula is C12H18ClN. The zero-order valence-corrected chi connectivity index (χ0v) is 8.72. The van der Waals surface area contributed by atoms with Crippen LogP contribution in [0.3, 0.4) is 0 Å². The molecule has 2 heteroatoms. The molecule has 0 saturated heterocycles. The molecule has 1 N–H and O–H groups in total. The monoisotopic (exact) mass is 216 g/mol. The van der Waals surface area contributed by atoms with Crippen molar-refractivity contribution in [1.29, 1.82) is 0 Å². The minimum absolute atomic E-state index is 0.356. The lowest BCUT2D eigenvalue weighted by molar-refractivity contribution is 0.544. The highest BCUT2D eigenvalue weighted by Crippen LogP contribution is 2.02. The standard InChI is InChI=1S/C12H18ClN/c1-11(14-9-5-8-13)10-12-6-3-2-4-7-12/h2-4,6-7,11,14H,5,8-10H2,1H3/i1D3,10D2. The van der Waals surface area contributed by atoms with Crippen LogP contribution in [0.1, 0.15) is 25.7 Å². The Bertz CT molecular complexity index is 379. The first-order valence-electron chi connectivity index (χ1n) is 7.15. The highest BCUT2D eigenvalue weighted by Gasteiger charge is 2.01. The summed E-state index contributed by atoms with van der Waals surface area (Å²) in [7, 11) is 0. The number of halogens is 1. The lowest BCUT2D eigenvalue weighted by Gasteiger charge is -2.13. The maximum Gasteiger partial charge on any atom is 0.0332 e. The third-order valence-electron chi connectivity index (χ3n) is 1.74. The van der Waals surface area contributed by atoms with E-state index in [1.807, 2.05) is 0 Å². The van der Waals surface area contributed by atoms with Crippen molar-refractivity contribution in [3.8, 4) is 0 Å². The Morgan fingerprint density at radius 3 is 2.93 bits per heavy atom. The fourth-order valence-corrected chi connectivity index (χ4v) is 1.20. The summed E-state index contributed by atoms with van der Waals surface area (Å²) in [5.74, 6) is 0.412. The molecule has 0 aliphatic rings. The fraction of sp³-hybridized carbons (Fsp3) is 0.500. The molecule has 0 radical (unpaired) electrons. The van der Waals surface area contributed by atoms with Crippen LogP contribution in [0.4, 0.5) is 0 Å². The summed E-state index contributed by atoms with van der Waals surface area (Å²) in [5, 5.41) is 2.78. The average Bonchev–Trinajstić information content (AvgIpc) is 2.34. The van der Waals surface area contributed by atoms with Crippen molar-refractivity contribution in [1.82, 2.24) is 5.32 Å². The van der Waals surface area contributed by atoms with E-state index in [2.05, 4.69) is 5.32 Å². The number of benzene rings is 1. The maximum absolute atomic E-state index is 8.13. The second kappa shape index (κ2) is 6.86. The van der Waals surface area contributed by atoms with E-state index in [4.69, 9.17) is 18.5 Å². The number of alkyl halides is 1. The van der Waals surface area contributed by atoms with Gasteiger partial charge in [-0.2, -0.15) is 0 Å². The van der Waals surface area contributed by atoms with E-state index in [1.165, 1.54) is 0 Å². The molecular weight excluding hydrogens is 194 g/mol. The summed E-state index contributed by atoms with van der Waals surface area (Å²) in [6.45, 7) is -2.05. The summed E-state index contributed by atoms with van der Waals surface area (Å²) in [4.78, 5) is 0. The van der Waals surface area contributed by atoms with Crippen LogP contribution in [0, 0.1) is 0 Å². The minimum Gasteiger partial charge on any atom is -0.314 e. The predicted octanol–water partition coefficient (Wildman–Crippen LogP) is 2.84. The Balaban J connectivity index is 2.96. The van der Waals surface area contributed by atoms with E-state index in [1.54, 1.807) is 30.3 Å². The smallest absolute Gasteiger partial charge is 0.0332 e. The molecule has 0 aliphatic carbocycles. The van der Waals surface area contributed by atoms with E-state index in [0.29, 0.717) is 24.4 Å². The quantitative estimate of drug-likeness (QED) is 0.570. The molecule has 1 unspecified atom stereocenters. The Hall–Kier alpha value is -0.530. The summed E-state index contributed by atoms with van der Waals surface area (Å²) < 4.78 is 38.8. The summed E-state index contributed by atoms with van der Waals surface area (Å²) in [5.41, 5.74) is 0.356. The molecule has 1 rings (SSSR count). The lowest BCUT2D eigenvalue weighted by Crippen LogP contribution is -2.29. The zero-order chi connectivity index (χ0) is 14.5. The highest BCUT2D eigenvalue weighted by atomic mass is 35.5. The van der Waals surface area contributed by atoms with Crippen molar-refractivity contribution in [2.45, 2.75) is 25.7 Å². The van der Waals surface area contributed by atoms with Crippen LogP contribution in [0.25, 0.3) is 0 Å². The van der Waals surface area contributed by atoms with Gasteiger partial charge in [-0.05, 0) is 31.8 Å². The normalized spacial score (nSPS) is 19.9. The summed E-state index contributed by atoms with van der Waals surface area (Å²) in [6, 6.07) is 7.10. The average molecular weight is 217 g/mol. The van der Waals surface area contributed by atoms with Crippen molar-refractivity contribution < 1.29 is 6.85 Å². The molecule has 0 aliphatic heterocycles. The number of rotatable bonds is 6. The molecule has 0 bridgehead atoms. The first-order chi connectivity index (χ1) is 8.80. The van der Waals surface area contributed by atoms with Crippen LogP contribution < -0.4 is 5.32 Å². The van der Waals surface area contributed by atoms with Crippen molar-refractivity contribution in [3.05, 3.63) is 35.9 Å². The first kappa shape index (κ1) is 6.14. The van der Waals surface area contributed by atoms with Crippen LogP contribution in [0.15, 0.2) is 30.3 Å². The Kier molecular flexibility index (Phi) is 3.01. The predicted molar refractivity (Wildman–Crippen MR) is 62.9 cm³/mol. The van der Waals surface area contributed by atoms with E-state index < -0.39 is 19.3 Å². The summed E-state index contributed by atoms with van der Waals surface area (Å²) >= 11 is 5.56. The first-order valence-corrected chi connectivity index (χ1v) is 5.18. The third-order valence-corrected chi connectivity index (χ3v) is 2.01. The van der Waals surface area contributed by atoms with Crippen LogP contribution >= 0.6 is 11.6 Å². The second-order valence-corrected chi connectivity index (χ2v) is 3.32. The van der Waals surface area contributed by atoms with Gasteiger partial charge in [-0.1, -0.05) is 30.3 Å². The van der Waals surface area contributed by atoms with Crippen molar-refractivity contribution >= 4 is 11.6 Å². The van der Waals surface area contributed by atoms with Gasteiger partial charge in [0.25, 0.3) is 0 Å². The minimum atomic E-state index is -2.42. The largest absolute Gasteiger partial charge is 0.314 e. The van der Waals surface area contributed by atoms with Gasteiger partial charge in [0.1, 0.15) is 0 Å². The SMILES string of the molecule is [2H]C([2H])([2H])C(NCCCCl)C([2H])([2H])c1ccccc1. The molecule has 1 atom stereocenters. The molecule has 0 fully saturated rings. The van der Waals surface area contributed by atoms with Gasteiger partial charge in [0.2, 0.25) is 0 Å². The topological polar surface area (TPSA) is 12.0 Å². The fourth-order valence-electron chi connectivity index (χ4n) is 1.07. The van der Waals surface area contributed by atoms with Crippen LogP contribution in [0.2, 0.25) is 0 Å². The van der Waals surface area contributed by atoms with E-state index in [9.17, 15) is 0 Å². The summed E-state index contributed by atoms with van der Waals surface area (Å²) in [6.07, 6.45) is -1.38. The van der Waals surface area contributed by atoms with Gasteiger partial charge >= 0.3 is 0 Å². The van der Waals surface area contributed by atoms with Gasteiger partial charge in [-0.25, -0.2) is 0 Å². The molecule has 0 heterocycles. The zero-order valence-electron chi connectivity index (χ0n) is 13.0. The molecule has 0 amide bonds. The highest BCUT2D eigenvalue weighted by molar-refractivity contribution is 6.17. The van der Waals surface area contributed by atoms with Crippen LogP contribution in [-0.4, -0.2) is 18.5 Å². The number of nitrogens with one attached hydrogen (secondary N) is 1. The van der Waals surface area contributed by atoms with Gasteiger partial charge in [-0.15, -0.1) is 11.6 Å². The molecule has 78 valence electrons. The van der Waals surface area contributed by atoms with Gasteiger partial charge in [-0.3, -0.25) is 0 Å². The lowest BCUT2D eigenvalue weighted by atomic mass is 10.1. The van der Waals surface area contributed by atoms with Crippen molar-refractivity contribution in [2.24, 2.45) is 0 Å². The van der Waals surface area contributed by atoms with Gasteiger partial charge in [0.05, 0.1) is 0 Å². The van der Waals surface area contributed by atoms with Crippen molar-refractivity contribution in [3.63, 3.8) is 0 Å². The molecule has 0 spiro atoms. The van der Waals surface area contributed by atoms with Gasteiger partial charge < -0.3 is 5.32 Å². The molecule has 14 heavy (non-hydrogen) atoms. The van der Waals surface area contributed by atoms with Gasteiger partial charge in [0.15, 0.2) is 0 Å². The van der Waals surface area contributed by atoms with E-state index in [0.717, 1.165) is 0 Å². The number of hydrogen-bond acceptors (Lipinski definition) is 1. The van der Waals surface area contributed by atoms with E-state index in [-0.39, 0.29) is 0 Å². The number of hydrogen-bond donors (Lipinski definition) is 1. The molecule has 1 aromatic rings. The Morgan fingerprint density at radius 2 is 2.29 bits per heavy atom. The Labute approximate surface area is 98.5 Å². The van der Waals surface area contributed by atoms with Gasteiger partial charge in [0, 0.05) is 18.8 Å². The second-order valence-electron chi connectivity index (χ2n) is 2.94. The molecule has 1 aromatic carbocycles. The molecule has 0 aromatic heterocycles. The maximum atomic E-state index is 8.13. The Morgan fingerprint density at radius 1 is 1.50 bits per heavy atom.